The van der Waals surface area contributed by atoms with Gasteiger partial charge in [0.1, 0.15) is 5.75 Å². The highest BCUT2D eigenvalue weighted by Gasteiger charge is 2.26. The van der Waals surface area contributed by atoms with Crippen molar-refractivity contribution in [3.8, 4) is 5.75 Å². The Morgan fingerprint density at radius 3 is 2.62 bits per heavy atom. The number of H-pyrrole nitrogens is 1. The Morgan fingerprint density at radius 1 is 1.15 bits per heavy atom. The van der Waals surface area contributed by atoms with Crippen molar-refractivity contribution in [2.75, 3.05) is 39.4 Å². The molecule has 6 heteroatoms. The fourth-order valence-corrected chi connectivity index (χ4v) is 4.17. The van der Waals surface area contributed by atoms with Gasteiger partial charge in [0.15, 0.2) is 0 Å². The number of aromatic amines is 1. The first-order chi connectivity index (χ1) is 12.6. The van der Waals surface area contributed by atoms with Crippen LogP contribution in [0, 0.1) is 6.92 Å². The van der Waals surface area contributed by atoms with Crippen LogP contribution in [0.2, 0.25) is 0 Å². The number of amides is 1. The molecule has 2 aliphatic heterocycles. The molecule has 6 nitrogen and oxygen atoms in total. The van der Waals surface area contributed by atoms with Crippen molar-refractivity contribution in [3.63, 3.8) is 0 Å². The van der Waals surface area contributed by atoms with Gasteiger partial charge in [-0.25, -0.2) is 0 Å². The van der Waals surface area contributed by atoms with E-state index in [1.807, 2.05) is 17.9 Å². The van der Waals surface area contributed by atoms with Crippen LogP contribution < -0.4 is 0 Å². The molecular formula is C20H27N3O3. The Hall–Kier alpha value is -2.05. The number of aromatic hydroxyl groups is 1. The van der Waals surface area contributed by atoms with Crippen LogP contribution in [-0.2, 0) is 11.3 Å². The molecule has 2 N–H and O–H groups in total. The minimum Gasteiger partial charge on any atom is -0.508 e. The minimum absolute atomic E-state index is 0.0301. The second kappa shape index (κ2) is 7.29. The molecule has 26 heavy (non-hydrogen) atoms. The predicted octanol–water partition coefficient (Wildman–Crippen LogP) is 2.64. The number of carbonyl (C=O) groups excluding carboxylic acids is 1. The number of likely N-dealkylation sites (tertiary alicyclic amines) is 1. The fourth-order valence-electron chi connectivity index (χ4n) is 4.17. The quantitative estimate of drug-likeness (QED) is 0.886. The van der Waals surface area contributed by atoms with Crippen LogP contribution in [0.25, 0.3) is 10.9 Å². The topological polar surface area (TPSA) is 68.8 Å². The van der Waals surface area contributed by atoms with Crippen molar-refractivity contribution in [1.82, 2.24) is 14.8 Å². The molecule has 4 rings (SSSR count). The molecule has 0 saturated carbocycles. The largest absolute Gasteiger partial charge is 0.508 e. The summed E-state index contributed by atoms with van der Waals surface area (Å²) >= 11 is 0. The van der Waals surface area contributed by atoms with E-state index in [0.29, 0.717) is 38.4 Å². The van der Waals surface area contributed by atoms with Gasteiger partial charge in [0.2, 0.25) is 0 Å². The van der Waals surface area contributed by atoms with Crippen molar-refractivity contribution in [2.24, 2.45) is 0 Å². The van der Waals surface area contributed by atoms with Crippen LogP contribution in [0.4, 0.5) is 0 Å². The summed E-state index contributed by atoms with van der Waals surface area (Å²) in [6.07, 6.45) is 3.67. The number of piperidine rings is 1. The Balaban J connectivity index is 1.75. The Labute approximate surface area is 153 Å². The Bertz CT molecular complexity index is 802. The number of phenolic OH excluding ortho intramolecular Hbond substituents is 1. The number of nitrogens with one attached hydrogen (secondary N) is 1. The number of hydrogen-bond donors (Lipinski definition) is 2. The molecule has 2 saturated heterocycles. The molecule has 0 bridgehead atoms. The lowest BCUT2D eigenvalue weighted by Gasteiger charge is -2.28. The van der Waals surface area contributed by atoms with Crippen molar-refractivity contribution in [1.29, 1.82) is 0 Å². The molecule has 1 amide bonds. The lowest BCUT2D eigenvalue weighted by Crippen LogP contribution is -2.41. The van der Waals surface area contributed by atoms with Gasteiger partial charge in [-0.05, 0) is 45.0 Å². The zero-order valence-corrected chi connectivity index (χ0v) is 15.4. The molecule has 1 aromatic carbocycles. The van der Waals surface area contributed by atoms with Gasteiger partial charge in [-0.1, -0.05) is 6.42 Å². The predicted molar refractivity (Wildman–Crippen MR) is 101 cm³/mol. The van der Waals surface area contributed by atoms with Crippen LogP contribution in [0.1, 0.15) is 40.9 Å². The molecule has 2 aromatic rings. The maximum Gasteiger partial charge on any atom is 0.256 e. The number of aryl methyl sites for hydroxylation is 1. The fraction of sp³-hybridized carbons (Fsp3) is 0.550. The first-order valence-corrected chi connectivity index (χ1v) is 9.57. The maximum atomic E-state index is 13.2. The van der Waals surface area contributed by atoms with Crippen LogP contribution in [0.15, 0.2) is 12.1 Å². The molecular weight excluding hydrogens is 330 g/mol. The third-order valence-electron chi connectivity index (χ3n) is 5.58. The van der Waals surface area contributed by atoms with Crippen molar-refractivity contribution < 1.29 is 14.6 Å². The van der Waals surface area contributed by atoms with Gasteiger partial charge in [-0.2, -0.15) is 0 Å². The van der Waals surface area contributed by atoms with Crippen LogP contribution in [0.3, 0.4) is 0 Å². The second-order valence-corrected chi connectivity index (χ2v) is 7.35. The molecule has 2 aliphatic rings. The molecule has 0 atom stereocenters. The number of hydrogen-bond acceptors (Lipinski definition) is 4. The Morgan fingerprint density at radius 2 is 1.88 bits per heavy atom. The van der Waals surface area contributed by atoms with Gasteiger partial charge in [-0.3, -0.25) is 9.69 Å². The SMILES string of the molecule is Cc1[nH]c2ccc(O)c(CN3CCCCC3)c2c1C(=O)N1CCOCC1. The first-order valence-electron chi connectivity index (χ1n) is 9.57. The summed E-state index contributed by atoms with van der Waals surface area (Å²) in [5, 5.41) is 11.5. The Kier molecular flexibility index (Phi) is 4.87. The van der Waals surface area contributed by atoms with E-state index in [2.05, 4.69) is 9.88 Å². The zero-order chi connectivity index (χ0) is 18.1. The summed E-state index contributed by atoms with van der Waals surface area (Å²) in [6.45, 7) is 7.12. The normalized spacial score (nSPS) is 19.2. The summed E-state index contributed by atoms with van der Waals surface area (Å²) in [6, 6.07) is 3.61. The average Bonchev–Trinajstić information content (AvgIpc) is 3.01. The molecule has 140 valence electrons. The number of benzene rings is 1. The number of ether oxygens (including phenoxy) is 1. The van der Waals surface area contributed by atoms with E-state index in [1.165, 1.54) is 19.3 Å². The highest BCUT2D eigenvalue weighted by molar-refractivity contribution is 6.09. The summed E-state index contributed by atoms with van der Waals surface area (Å²) < 4.78 is 5.38. The van der Waals surface area contributed by atoms with E-state index < -0.39 is 0 Å². The van der Waals surface area contributed by atoms with Crippen molar-refractivity contribution in [2.45, 2.75) is 32.7 Å². The van der Waals surface area contributed by atoms with E-state index in [1.54, 1.807) is 6.07 Å². The number of aromatic nitrogens is 1. The van der Waals surface area contributed by atoms with Gasteiger partial charge in [0.25, 0.3) is 5.91 Å². The number of rotatable bonds is 3. The standard InChI is InChI=1S/C20H27N3O3/c1-14-18(20(25)23-9-11-26-12-10-23)19-15(13-22-7-3-2-4-8-22)17(24)6-5-16(19)21-14/h5-6,21,24H,2-4,7-13H2,1H3. The molecule has 2 fully saturated rings. The van der Waals surface area contributed by atoms with E-state index in [4.69, 9.17) is 4.74 Å². The smallest absolute Gasteiger partial charge is 0.256 e. The third-order valence-corrected chi connectivity index (χ3v) is 5.58. The molecule has 3 heterocycles. The maximum absolute atomic E-state index is 13.2. The highest BCUT2D eigenvalue weighted by atomic mass is 16.5. The zero-order valence-electron chi connectivity index (χ0n) is 15.4. The van der Waals surface area contributed by atoms with Crippen molar-refractivity contribution >= 4 is 16.8 Å². The minimum atomic E-state index is 0.0301. The molecule has 0 aliphatic carbocycles. The van der Waals surface area contributed by atoms with Crippen LogP contribution in [0.5, 0.6) is 5.75 Å². The number of morpholine rings is 1. The van der Waals surface area contributed by atoms with E-state index in [0.717, 1.165) is 35.2 Å². The third kappa shape index (κ3) is 3.19. The number of phenols is 1. The first kappa shape index (κ1) is 17.4. The molecule has 1 aromatic heterocycles. The van der Waals surface area contributed by atoms with Gasteiger partial charge in [-0.15, -0.1) is 0 Å². The summed E-state index contributed by atoms with van der Waals surface area (Å²) in [5.74, 6) is 0.306. The number of nitrogens with zero attached hydrogens (tertiary/aromatic N) is 2. The molecule has 0 spiro atoms. The van der Waals surface area contributed by atoms with E-state index in [9.17, 15) is 9.90 Å². The number of fused-ring (bicyclic) bond motifs is 1. The summed E-state index contributed by atoms with van der Waals surface area (Å²) in [4.78, 5) is 20.8. The molecule has 0 radical (unpaired) electrons. The summed E-state index contributed by atoms with van der Waals surface area (Å²) in [7, 11) is 0. The van der Waals surface area contributed by atoms with Crippen molar-refractivity contribution in [3.05, 3.63) is 29.0 Å². The van der Waals surface area contributed by atoms with Gasteiger partial charge >= 0.3 is 0 Å². The van der Waals surface area contributed by atoms with Gasteiger partial charge in [0, 0.05) is 41.8 Å². The van der Waals surface area contributed by atoms with E-state index >= 15 is 0 Å². The number of carbonyl (C=O) groups is 1. The van der Waals surface area contributed by atoms with Gasteiger partial charge < -0.3 is 19.7 Å². The lowest BCUT2D eigenvalue weighted by atomic mass is 10.0. The lowest BCUT2D eigenvalue weighted by molar-refractivity contribution is 0.0303. The average molecular weight is 357 g/mol. The highest BCUT2D eigenvalue weighted by Crippen LogP contribution is 2.34. The van der Waals surface area contributed by atoms with Crippen LogP contribution >= 0.6 is 0 Å². The van der Waals surface area contributed by atoms with E-state index in [-0.39, 0.29) is 11.7 Å². The van der Waals surface area contributed by atoms with Gasteiger partial charge in [0.05, 0.1) is 18.8 Å². The molecule has 0 unspecified atom stereocenters. The monoisotopic (exact) mass is 357 g/mol. The summed E-state index contributed by atoms with van der Waals surface area (Å²) in [5.41, 5.74) is 3.35. The van der Waals surface area contributed by atoms with Crippen LogP contribution in [-0.4, -0.2) is 65.2 Å². The second-order valence-electron chi connectivity index (χ2n) is 7.35.